The highest BCUT2D eigenvalue weighted by molar-refractivity contribution is 7.92. The lowest BCUT2D eigenvalue weighted by Crippen LogP contribution is -2.23. The molecule has 0 unspecified atom stereocenters. The van der Waals surface area contributed by atoms with Gasteiger partial charge in [0.05, 0.1) is 18.1 Å². The van der Waals surface area contributed by atoms with E-state index in [4.69, 9.17) is 11.6 Å². The number of pyridine rings is 1. The summed E-state index contributed by atoms with van der Waals surface area (Å²) in [6, 6.07) is 1.56. The van der Waals surface area contributed by atoms with Crippen molar-refractivity contribution in [2.75, 3.05) is 11.0 Å². The molecule has 8 heteroatoms. The molecule has 1 N–H and O–H groups in total. The number of halogens is 3. The van der Waals surface area contributed by atoms with Gasteiger partial charge in [-0.1, -0.05) is 23.8 Å². The maximum atomic E-state index is 13.1. The summed E-state index contributed by atoms with van der Waals surface area (Å²) < 4.78 is 50.9. The summed E-state index contributed by atoms with van der Waals surface area (Å²) in [6.45, 7) is 0. The minimum absolute atomic E-state index is 0.0715. The number of alkyl halides is 2. The van der Waals surface area contributed by atoms with Crippen LogP contribution in [0.1, 0.15) is 31.2 Å². The van der Waals surface area contributed by atoms with Gasteiger partial charge in [-0.2, -0.15) is 0 Å². The molecule has 1 aromatic heterocycles. The first-order valence-corrected chi connectivity index (χ1v) is 9.11. The molecule has 1 aliphatic rings. The summed E-state index contributed by atoms with van der Waals surface area (Å²) in [5.41, 5.74) is 0.856. The molecule has 4 nitrogen and oxygen atoms in total. The van der Waals surface area contributed by atoms with Gasteiger partial charge in [0, 0.05) is 18.4 Å². The van der Waals surface area contributed by atoms with Gasteiger partial charge in [-0.05, 0) is 24.8 Å². The number of nitrogens with one attached hydrogen (secondary N) is 1. The Morgan fingerprint density at radius 1 is 1.41 bits per heavy atom. The molecule has 0 atom stereocenters. The molecule has 0 radical (unpaired) electrons. The molecular formula is C14H17ClF2N2O2S. The Kier molecular flexibility index (Phi) is 5.07. The third kappa shape index (κ3) is 5.21. The van der Waals surface area contributed by atoms with Crippen LogP contribution < -0.4 is 4.72 Å². The molecule has 1 aromatic rings. The fourth-order valence-electron chi connectivity index (χ4n) is 2.35. The van der Waals surface area contributed by atoms with Gasteiger partial charge in [0.1, 0.15) is 5.15 Å². The Labute approximate surface area is 133 Å². The van der Waals surface area contributed by atoms with Gasteiger partial charge in [-0.15, -0.1) is 0 Å². The number of hydrogen-bond acceptors (Lipinski definition) is 3. The van der Waals surface area contributed by atoms with E-state index in [-0.39, 0.29) is 23.9 Å². The van der Waals surface area contributed by atoms with Crippen molar-refractivity contribution in [1.82, 2.24) is 4.98 Å². The van der Waals surface area contributed by atoms with Gasteiger partial charge < -0.3 is 0 Å². The van der Waals surface area contributed by atoms with Crippen molar-refractivity contribution in [3.63, 3.8) is 0 Å². The first-order valence-electron chi connectivity index (χ1n) is 6.84. The van der Waals surface area contributed by atoms with Crippen LogP contribution in [0.3, 0.4) is 0 Å². The molecule has 1 saturated carbocycles. The minimum atomic E-state index is -3.40. The van der Waals surface area contributed by atoms with Crippen LogP contribution in [0.25, 0.3) is 6.08 Å². The highest BCUT2D eigenvalue weighted by Crippen LogP contribution is 2.37. The SMILES string of the molecule is CS(=O)(=O)Nc1cnc(Cl)c(/C=C/C2CCC(F)(F)CC2)c1. The van der Waals surface area contributed by atoms with Gasteiger partial charge in [-0.25, -0.2) is 22.2 Å². The quantitative estimate of drug-likeness (QED) is 0.836. The standard InChI is InChI=1S/C14H17ClF2N2O2S/c1-22(20,21)19-12-8-11(13(15)18-9-12)3-2-10-4-6-14(16,17)7-5-10/h2-3,8-10,19H,4-7H2,1H3/b3-2+. The van der Waals surface area contributed by atoms with Crippen molar-refractivity contribution < 1.29 is 17.2 Å². The maximum Gasteiger partial charge on any atom is 0.248 e. The van der Waals surface area contributed by atoms with E-state index in [9.17, 15) is 17.2 Å². The van der Waals surface area contributed by atoms with Crippen LogP contribution in [0.2, 0.25) is 5.15 Å². The molecule has 122 valence electrons. The largest absolute Gasteiger partial charge is 0.282 e. The Morgan fingerprint density at radius 3 is 2.64 bits per heavy atom. The van der Waals surface area contributed by atoms with Gasteiger partial charge >= 0.3 is 0 Å². The lowest BCUT2D eigenvalue weighted by atomic mass is 9.86. The first kappa shape index (κ1) is 17.1. The van der Waals surface area contributed by atoms with Crippen LogP contribution in [0, 0.1) is 5.92 Å². The number of nitrogens with zero attached hydrogens (tertiary/aromatic N) is 1. The van der Waals surface area contributed by atoms with Gasteiger partial charge in [0.2, 0.25) is 15.9 Å². The molecule has 1 aliphatic carbocycles. The van der Waals surface area contributed by atoms with E-state index in [1.807, 2.05) is 6.08 Å². The molecule has 0 bridgehead atoms. The van der Waals surface area contributed by atoms with E-state index in [0.717, 1.165) is 6.26 Å². The number of hydrogen-bond donors (Lipinski definition) is 1. The number of rotatable bonds is 4. The molecule has 0 amide bonds. The van der Waals surface area contributed by atoms with Crippen molar-refractivity contribution >= 4 is 33.4 Å². The average Bonchev–Trinajstić information content (AvgIpc) is 2.39. The van der Waals surface area contributed by atoms with E-state index in [1.165, 1.54) is 6.20 Å². The van der Waals surface area contributed by atoms with Crippen LogP contribution in [0.15, 0.2) is 18.3 Å². The molecule has 0 spiro atoms. The van der Waals surface area contributed by atoms with Crippen molar-refractivity contribution in [2.24, 2.45) is 5.92 Å². The van der Waals surface area contributed by atoms with E-state index in [1.54, 1.807) is 12.1 Å². The lowest BCUT2D eigenvalue weighted by Gasteiger charge is -2.26. The third-order valence-electron chi connectivity index (χ3n) is 3.48. The number of allylic oxidation sites excluding steroid dienone is 1. The number of aromatic nitrogens is 1. The average molecular weight is 351 g/mol. The maximum absolute atomic E-state index is 13.1. The molecule has 0 aliphatic heterocycles. The molecular weight excluding hydrogens is 334 g/mol. The highest BCUT2D eigenvalue weighted by atomic mass is 35.5. The number of anilines is 1. The predicted molar refractivity (Wildman–Crippen MR) is 83.7 cm³/mol. The second-order valence-corrected chi connectivity index (χ2v) is 7.64. The Bertz CT molecular complexity index is 667. The summed E-state index contributed by atoms with van der Waals surface area (Å²) in [4.78, 5) is 3.92. The topological polar surface area (TPSA) is 59.1 Å². The van der Waals surface area contributed by atoms with E-state index in [2.05, 4.69) is 9.71 Å². The summed E-state index contributed by atoms with van der Waals surface area (Å²) in [5, 5.41) is 0.233. The minimum Gasteiger partial charge on any atom is -0.282 e. The van der Waals surface area contributed by atoms with Crippen molar-refractivity contribution in [1.29, 1.82) is 0 Å². The van der Waals surface area contributed by atoms with Crippen LogP contribution >= 0.6 is 11.6 Å². The van der Waals surface area contributed by atoms with Crippen LogP contribution in [-0.4, -0.2) is 25.6 Å². The molecule has 1 fully saturated rings. The molecule has 1 heterocycles. The summed E-state index contributed by atoms with van der Waals surface area (Å²) in [7, 11) is -3.40. The van der Waals surface area contributed by atoms with Crippen LogP contribution in [-0.2, 0) is 10.0 Å². The highest BCUT2D eigenvalue weighted by Gasteiger charge is 2.33. The fourth-order valence-corrected chi connectivity index (χ4v) is 3.05. The Morgan fingerprint density at radius 2 is 2.05 bits per heavy atom. The second kappa shape index (κ2) is 6.50. The van der Waals surface area contributed by atoms with Crippen molar-refractivity contribution in [2.45, 2.75) is 31.6 Å². The van der Waals surface area contributed by atoms with Crippen LogP contribution in [0.4, 0.5) is 14.5 Å². The molecule has 0 saturated heterocycles. The molecule has 2 rings (SSSR count). The monoisotopic (exact) mass is 350 g/mol. The van der Waals surface area contributed by atoms with E-state index in [0.29, 0.717) is 24.1 Å². The number of sulfonamides is 1. The zero-order chi connectivity index (χ0) is 16.4. The Hall–Kier alpha value is -1.21. The van der Waals surface area contributed by atoms with E-state index < -0.39 is 15.9 Å². The van der Waals surface area contributed by atoms with Crippen LogP contribution in [0.5, 0.6) is 0 Å². The fraction of sp³-hybridized carbons (Fsp3) is 0.500. The Balaban J connectivity index is 2.09. The van der Waals surface area contributed by atoms with Gasteiger partial charge in [-0.3, -0.25) is 4.72 Å². The second-order valence-electron chi connectivity index (χ2n) is 5.53. The molecule has 22 heavy (non-hydrogen) atoms. The van der Waals surface area contributed by atoms with E-state index >= 15 is 0 Å². The van der Waals surface area contributed by atoms with Gasteiger partial charge in [0.15, 0.2) is 0 Å². The molecule has 0 aromatic carbocycles. The normalized spacial score (nSPS) is 19.5. The summed E-state index contributed by atoms with van der Waals surface area (Å²) >= 11 is 5.97. The van der Waals surface area contributed by atoms with Crippen molar-refractivity contribution in [3.8, 4) is 0 Å². The zero-order valence-electron chi connectivity index (χ0n) is 12.0. The first-order chi connectivity index (χ1) is 10.1. The smallest absolute Gasteiger partial charge is 0.248 e. The third-order valence-corrected chi connectivity index (χ3v) is 4.40. The van der Waals surface area contributed by atoms with Gasteiger partial charge in [0.25, 0.3) is 0 Å². The zero-order valence-corrected chi connectivity index (χ0v) is 13.6. The van der Waals surface area contributed by atoms with Crippen molar-refractivity contribution in [3.05, 3.63) is 29.1 Å². The summed E-state index contributed by atoms with van der Waals surface area (Å²) in [6.07, 6.45) is 6.54. The lowest BCUT2D eigenvalue weighted by molar-refractivity contribution is -0.0410. The summed E-state index contributed by atoms with van der Waals surface area (Å²) in [5.74, 6) is -2.48. The predicted octanol–water partition coefficient (Wildman–Crippen LogP) is 3.95.